The van der Waals surface area contributed by atoms with E-state index in [4.69, 9.17) is 20.9 Å². The van der Waals surface area contributed by atoms with Crippen LogP contribution in [-0.4, -0.2) is 17.2 Å². The third-order valence-corrected chi connectivity index (χ3v) is 3.37. The normalized spacial score (nSPS) is 12.0. The molecule has 0 spiro atoms. The summed E-state index contributed by atoms with van der Waals surface area (Å²) in [7, 11) is 0. The number of ether oxygens (including phenoxy) is 1. The molecule has 1 heterocycles. The van der Waals surface area contributed by atoms with Crippen LogP contribution in [0, 0.1) is 13.8 Å². The maximum absolute atomic E-state index is 12.2. The van der Waals surface area contributed by atoms with Crippen molar-refractivity contribution in [2.45, 2.75) is 33.3 Å². The number of hydrogen-bond acceptors (Lipinski definition) is 4. The van der Waals surface area contributed by atoms with E-state index in [9.17, 15) is 4.79 Å². The Morgan fingerprint density at radius 1 is 1.43 bits per heavy atom. The molecule has 0 saturated carbocycles. The highest BCUT2D eigenvalue weighted by Gasteiger charge is 2.20. The fraction of sp³-hybridized carbons (Fsp3) is 0.333. The zero-order valence-corrected chi connectivity index (χ0v) is 12.9. The maximum Gasteiger partial charge on any atom is 0.266 e. The number of nitrogens with one attached hydrogen (secondary N) is 1. The molecule has 0 aliphatic carbocycles. The Balaban J connectivity index is 2.04. The second-order valence-electron chi connectivity index (χ2n) is 4.74. The summed E-state index contributed by atoms with van der Waals surface area (Å²) < 4.78 is 10.6. The van der Waals surface area contributed by atoms with Gasteiger partial charge < -0.3 is 14.6 Å². The first-order valence-electron chi connectivity index (χ1n) is 6.66. The van der Waals surface area contributed by atoms with Crippen LogP contribution < -0.4 is 10.1 Å². The number of aryl methyl sites for hydroxylation is 2. The largest absolute Gasteiger partial charge is 0.481 e. The van der Waals surface area contributed by atoms with Gasteiger partial charge in [-0.25, -0.2) is 0 Å². The van der Waals surface area contributed by atoms with Gasteiger partial charge in [0.05, 0.1) is 0 Å². The summed E-state index contributed by atoms with van der Waals surface area (Å²) in [5.74, 6) is 1.35. The Hall–Kier alpha value is -2.01. The molecule has 0 aliphatic rings. The van der Waals surface area contributed by atoms with Crippen molar-refractivity contribution in [1.29, 1.82) is 0 Å². The summed E-state index contributed by atoms with van der Waals surface area (Å²) in [6.07, 6.45) is -0.0766. The maximum atomic E-state index is 12.2. The molecule has 1 aromatic heterocycles. The first-order valence-corrected chi connectivity index (χ1v) is 7.04. The van der Waals surface area contributed by atoms with E-state index in [1.807, 2.05) is 13.8 Å². The number of carbonyl (C=O) groups is 1. The minimum Gasteiger partial charge on any atom is -0.481 e. The van der Waals surface area contributed by atoms with Crippen LogP contribution in [0.1, 0.15) is 24.7 Å². The van der Waals surface area contributed by atoms with Gasteiger partial charge >= 0.3 is 0 Å². The molecular weight excluding hydrogens is 292 g/mol. The molecule has 0 aliphatic heterocycles. The number of halogens is 1. The number of benzene rings is 1. The van der Waals surface area contributed by atoms with E-state index < -0.39 is 6.10 Å². The number of aromatic nitrogens is 1. The van der Waals surface area contributed by atoms with Gasteiger partial charge in [-0.3, -0.25) is 4.79 Å². The lowest BCUT2D eigenvalue weighted by molar-refractivity contribution is -0.122. The van der Waals surface area contributed by atoms with E-state index in [-0.39, 0.29) is 5.91 Å². The van der Waals surface area contributed by atoms with Crippen molar-refractivity contribution in [3.05, 3.63) is 40.6 Å². The van der Waals surface area contributed by atoms with E-state index >= 15 is 0 Å². The van der Waals surface area contributed by atoms with Crippen LogP contribution in [0.2, 0.25) is 5.02 Å². The van der Waals surface area contributed by atoms with E-state index in [2.05, 4.69) is 10.5 Å². The molecule has 1 amide bonds. The molecule has 2 aromatic rings. The van der Waals surface area contributed by atoms with Gasteiger partial charge in [-0.2, -0.15) is 0 Å². The van der Waals surface area contributed by atoms with Gasteiger partial charge in [-0.05, 0) is 44.0 Å². The third kappa shape index (κ3) is 3.98. The van der Waals surface area contributed by atoms with Crippen molar-refractivity contribution in [3.63, 3.8) is 0 Å². The van der Waals surface area contributed by atoms with Crippen molar-refractivity contribution in [2.75, 3.05) is 5.32 Å². The van der Waals surface area contributed by atoms with Crippen LogP contribution in [0.5, 0.6) is 5.75 Å². The minimum atomic E-state index is -0.609. The molecule has 0 unspecified atom stereocenters. The monoisotopic (exact) mass is 308 g/mol. The Bertz CT molecular complexity index is 640. The van der Waals surface area contributed by atoms with Gasteiger partial charge in [0.15, 0.2) is 11.9 Å². The summed E-state index contributed by atoms with van der Waals surface area (Å²) in [6.45, 7) is 5.52. The van der Waals surface area contributed by atoms with Crippen molar-refractivity contribution in [3.8, 4) is 5.75 Å². The molecule has 0 saturated heterocycles. The van der Waals surface area contributed by atoms with E-state index in [1.165, 1.54) is 0 Å². The van der Waals surface area contributed by atoms with Crippen LogP contribution in [0.3, 0.4) is 0 Å². The number of anilines is 1. The highest BCUT2D eigenvalue weighted by molar-refractivity contribution is 6.31. The number of nitrogens with zero attached hydrogens (tertiary/aromatic N) is 1. The zero-order valence-electron chi connectivity index (χ0n) is 12.1. The Morgan fingerprint density at radius 2 is 2.19 bits per heavy atom. The lowest BCUT2D eigenvalue weighted by Gasteiger charge is -2.17. The number of carbonyl (C=O) groups excluding carboxylic acids is 1. The van der Waals surface area contributed by atoms with Gasteiger partial charge in [0, 0.05) is 11.1 Å². The zero-order chi connectivity index (χ0) is 15.4. The van der Waals surface area contributed by atoms with Gasteiger partial charge in [0.25, 0.3) is 5.91 Å². The quantitative estimate of drug-likeness (QED) is 0.914. The smallest absolute Gasteiger partial charge is 0.266 e. The second-order valence-corrected chi connectivity index (χ2v) is 5.14. The third-order valence-electron chi connectivity index (χ3n) is 2.95. The molecule has 112 valence electrons. The van der Waals surface area contributed by atoms with Crippen LogP contribution >= 0.6 is 11.6 Å². The van der Waals surface area contributed by atoms with Gasteiger partial charge in [-0.1, -0.05) is 23.7 Å². The van der Waals surface area contributed by atoms with E-state index in [1.54, 1.807) is 31.2 Å². The molecule has 0 fully saturated rings. The lowest BCUT2D eigenvalue weighted by Crippen LogP contribution is -2.32. The highest BCUT2D eigenvalue weighted by Crippen LogP contribution is 2.22. The molecule has 5 nitrogen and oxygen atoms in total. The second kappa shape index (κ2) is 6.63. The lowest BCUT2D eigenvalue weighted by atomic mass is 10.2. The predicted octanol–water partition coefficient (Wildman–Crippen LogP) is 3.74. The topological polar surface area (TPSA) is 64.4 Å². The van der Waals surface area contributed by atoms with Crippen LogP contribution in [0.4, 0.5) is 5.82 Å². The summed E-state index contributed by atoms with van der Waals surface area (Å²) >= 11 is 5.97. The SMILES string of the molecule is CC[C@@H](Oc1ccc(Cl)c(C)c1)C(=O)Nc1cc(C)on1. The van der Waals surface area contributed by atoms with Gasteiger partial charge in [0.2, 0.25) is 0 Å². The first kappa shape index (κ1) is 15.4. The molecule has 0 bridgehead atoms. The average Bonchev–Trinajstić information content (AvgIpc) is 2.85. The molecular formula is C15H17ClN2O3. The number of hydrogen-bond donors (Lipinski definition) is 1. The van der Waals surface area contributed by atoms with Crippen LogP contribution in [0.15, 0.2) is 28.8 Å². The average molecular weight is 309 g/mol. The summed E-state index contributed by atoms with van der Waals surface area (Å²) in [5.41, 5.74) is 0.900. The van der Waals surface area contributed by atoms with E-state index in [0.29, 0.717) is 28.8 Å². The number of rotatable bonds is 5. The van der Waals surface area contributed by atoms with Crippen molar-refractivity contribution < 1.29 is 14.1 Å². The van der Waals surface area contributed by atoms with Crippen molar-refractivity contribution in [1.82, 2.24) is 5.16 Å². The Morgan fingerprint density at radius 3 is 2.76 bits per heavy atom. The predicted molar refractivity (Wildman–Crippen MR) is 80.8 cm³/mol. The fourth-order valence-corrected chi connectivity index (χ4v) is 1.93. The summed E-state index contributed by atoms with van der Waals surface area (Å²) in [5, 5.41) is 7.06. The molecule has 2 rings (SSSR count). The fourth-order valence-electron chi connectivity index (χ4n) is 1.81. The minimum absolute atomic E-state index is 0.265. The summed E-state index contributed by atoms with van der Waals surface area (Å²) in [4.78, 5) is 12.2. The van der Waals surface area contributed by atoms with Crippen molar-refractivity contribution >= 4 is 23.3 Å². The molecule has 21 heavy (non-hydrogen) atoms. The number of amides is 1. The van der Waals surface area contributed by atoms with Crippen LogP contribution in [-0.2, 0) is 4.79 Å². The Labute approximate surface area is 128 Å². The van der Waals surface area contributed by atoms with Crippen LogP contribution in [0.25, 0.3) is 0 Å². The summed E-state index contributed by atoms with van der Waals surface area (Å²) in [6, 6.07) is 6.94. The Kier molecular flexibility index (Phi) is 4.85. The molecule has 1 N–H and O–H groups in total. The molecule has 6 heteroatoms. The van der Waals surface area contributed by atoms with Gasteiger partial charge in [-0.15, -0.1) is 0 Å². The van der Waals surface area contributed by atoms with E-state index in [0.717, 1.165) is 5.56 Å². The van der Waals surface area contributed by atoms with Crippen molar-refractivity contribution in [2.24, 2.45) is 0 Å². The molecule has 0 radical (unpaired) electrons. The standard InChI is InChI=1S/C15H17ClN2O3/c1-4-13(15(19)17-14-8-10(3)21-18-14)20-11-5-6-12(16)9(2)7-11/h5-8,13H,4H2,1-3H3,(H,17,18,19)/t13-/m1/s1. The van der Waals surface area contributed by atoms with Gasteiger partial charge in [0.1, 0.15) is 11.5 Å². The highest BCUT2D eigenvalue weighted by atomic mass is 35.5. The first-order chi connectivity index (χ1) is 9.99. The molecule has 1 atom stereocenters. The molecule has 1 aromatic carbocycles.